The predicted molar refractivity (Wildman–Crippen MR) is 242 cm³/mol. The highest BCUT2D eigenvalue weighted by atomic mass is 32.2. The monoisotopic (exact) mass is 885 g/mol. The van der Waals surface area contributed by atoms with E-state index in [1.54, 1.807) is 0 Å². The molecule has 1 fully saturated rings. The zero-order valence-corrected chi connectivity index (χ0v) is 38.6. The van der Waals surface area contributed by atoms with Crippen LogP contribution in [0.4, 0.5) is 0 Å². The second kappa shape index (κ2) is 38.1. The van der Waals surface area contributed by atoms with E-state index in [0.717, 1.165) is 89.9 Å². The molecule has 6 atom stereocenters. The summed E-state index contributed by atoms with van der Waals surface area (Å²) in [7, 11) is -4.61. The normalized spacial score (nSPS) is 20.4. The molecule has 12 nitrogen and oxygen atoms in total. The number of ether oxygens (including phenoxy) is 4. The topological polar surface area (TPSA) is 186 Å². The number of carbonyl (C=O) groups is 2. The SMILES string of the molecule is CCCCC/C=C\C/C=C\C/C=C\CCCCCCCCC(=O)OC(COC(=O)CCCCCCC/C=C\CCCCCCC)COC1OC(CS(=O)(=O)O)C(O)C(O)C1O. The molecule has 354 valence electrons. The van der Waals surface area contributed by atoms with E-state index >= 15 is 0 Å². The summed E-state index contributed by atoms with van der Waals surface area (Å²) in [6.07, 6.45) is 35.7. The predicted octanol–water partition coefficient (Wildman–Crippen LogP) is 9.95. The summed E-state index contributed by atoms with van der Waals surface area (Å²) in [4.78, 5) is 25.4. The lowest BCUT2D eigenvalue weighted by atomic mass is 10.00. The third-order valence-electron chi connectivity index (χ3n) is 10.6. The molecule has 0 aromatic heterocycles. The van der Waals surface area contributed by atoms with Gasteiger partial charge < -0.3 is 34.3 Å². The van der Waals surface area contributed by atoms with Crippen LogP contribution in [0.3, 0.4) is 0 Å². The van der Waals surface area contributed by atoms with Crippen molar-refractivity contribution in [2.24, 2.45) is 0 Å². The van der Waals surface area contributed by atoms with Crippen LogP contribution in [-0.2, 0) is 38.7 Å². The van der Waals surface area contributed by atoms with E-state index < -0.39 is 71.2 Å². The van der Waals surface area contributed by atoms with Gasteiger partial charge in [0.1, 0.15) is 36.8 Å². The van der Waals surface area contributed by atoms with Gasteiger partial charge in [0.25, 0.3) is 10.1 Å². The molecule has 0 saturated carbocycles. The Balaban J connectivity index is 2.44. The van der Waals surface area contributed by atoms with Crippen LogP contribution < -0.4 is 0 Å². The molecule has 1 aliphatic rings. The number of esters is 2. The van der Waals surface area contributed by atoms with Crippen molar-refractivity contribution in [3.05, 3.63) is 48.6 Å². The minimum Gasteiger partial charge on any atom is -0.462 e. The molecular weight excluding hydrogens is 801 g/mol. The largest absolute Gasteiger partial charge is 0.462 e. The Morgan fingerprint density at radius 1 is 0.557 bits per heavy atom. The fourth-order valence-corrected chi connectivity index (χ4v) is 7.60. The fourth-order valence-electron chi connectivity index (χ4n) is 6.91. The first-order valence-electron chi connectivity index (χ1n) is 23.7. The van der Waals surface area contributed by atoms with Crippen LogP contribution in [0.1, 0.15) is 187 Å². The van der Waals surface area contributed by atoms with Gasteiger partial charge in [0.05, 0.1) is 6.61 Å². The Hall–Kier alpha value is -2.39. The number of aliphatic hydroxyl groups is 3. The maximum absolute atomic E-state index is 12.8. The van der Waals surface area contributed by atoms with Crippen LogP contribution in [0.25, 0.3) is 0 Å². The van der Waals surface area contributed by atoms with Crippen molar-refractivity contribution >= 4 is 22.1 Å². The molecule has 0 radical (unpaired) electrons. The van der Waals surface area contributed by atoms with E-state index in [4.69, 9.17) is 18.9 Å². The summed E-state index contributed by atoms with van der Waals surface area (Å²) >= 11 is 0. The Kier molecular flexibility index (Phi) is 35.4. The number of rotatable bonds is 39. The third-order valence-corrected chi connectivity index (χ3v) is 11.4. The van der Waals surface area contributed by atoms with Crippen LogP contribution in [0.5, 0.6) is 0 Å². The molecule has 0 bridgehead atoms. The summed E-state index contributed by atoms with van der Waals surface area (Å²) in [5.41, 5.74) is 0. The summed E-state index contributed by atoms with van der Waals surface area (Å²) in [6, 6.07) is 0. The van der Waals surface area contributed by atoms with Gasteiger partial charge in [-0.3, -0.25) is 14.1 Å². The molecule has 6 unspecified atom stereocenters. The van der Waals surface area contributed by atoms with Gasteiger partial charge in [-0.25, -0.2) is 0 Å². The second-order valence-electron chi connectivity index (χ2n) is 16.4. The molecule has 1 aliphatic heterocycles. The number of hydrogen-bond acceptors (Lipinski definition) is 11. The molecule has 0 amide bonds. The van der Waals surface area contributed by atoms with Crippen molar-refractivity contribution in [3.8, 4) is 0 Å². The Morgan fingerprint density at radius 2 is 0.984 bits per heavy atom. The first-order valence-corrected chi connectivity index (χ1v) is 25.3. The van der Waals surface area contributed by atoms with Crippen molar-refractivity contribution in [1.82, 2.24) is 0 Å². The fraction of sp³-hybridized carbons (Fsp3) is 0.792. The smallest absolute Gasteiger partial charge is 0.306 e. The number of allylic oxidation sites excluding steroid dienone is 8. The van der Waals surface area contributed by atoms with Crippen molar-refractivity contribution in [2.45, 2.75) is 224 Å². The molecule has 1 heterocycles. The third kappa shape index (κ3) is 32.9. The van der Waals surface area contributed by atoms with Crippen LogP contribution in [0.2, 0.25) is 0 Å². The van der Waals surface area contributed by atoms with E-state index in [1.807, 2.05) is 0 Å². The molecule has 0 aliphatic carbocycles. The molecule has 61 heavy (non-hydrogen) atoms. The molecule has 4 N–H and O–H groups in total. The van der Waals surface area contributed by atoms with E-state index in [1.165, 1.54) is 57.8 Å². The Labute approximate surface area is 369 Å². The first-order chi connectivity index (χ1) is 29.5. The Morgan fingerprint density at radius 3 is 1.51 bits per heavy atom. The van der Waals surface area contributed by atoms with Gasteiger partial charge in [-0.05, 0) is 77.0 Å². The second-order valence-corrected chi connectivity index (χ2v) is 17.9. The van der Waals surface area contributed by atoms with Gasteiger partial charge in [0.15, 0.2) is 12.4 Å². The zero-order valence-electron chi connectivity index (χ0n) is 37.8. The standard InChI is InChI=1S/C48H84O12S/c1-3-5-7-9-11-13-15-17-19-20-21-22-23-25-27-29-31-33-35-37-44(50)59-41(39-58-48-47(53)46(52)45(51)42(60-48)40-61(54,55)56)38-57-43(49)36-34-32-30-28-26-24-18-16-14-12-10-8-6-4-2/h11,13,16-19,21-22,41-42,45-48,51-53H,3-10,12,14-15,20,23-40H2,1-2H3,(H,54,55,56)/b13-11-,18-16-,19-17-,22-21-. The van der Waals surface area contributed by atoms with Crippen molar-refractivity contribution in [2.75, 3.05) is 19.0 Å². The zero-order chi connectivity index (χ0) is 44.8. The molecular formula is C48H84O12S. The Bertz CT molecular complexity index is 1310. The number of hydrogen-bond donors (Lipinski definition) is 4. The average molecular weight is 885 g/mol. The molecule has 13 heteroatoms. The highest BCUT2D eigenvalue weighted by Crippen LogP contribution is 2.24. The van der Waals surface area contributed by atoms with Crippen molar-refractivity contribution in [1.29, 1.82) is 0 Å². The molecule has 0 spiro atoms. The van der Waals surface area contributed by atoms with Crippen LogP contribution in [0.15, 0.2) is 48.6 Å². The lowest BCUT2D eigenvalue weighted by Crippen LogP contribution is -2.60. The van der Waals surface area contributed by atoms with Crippen molar-refractivity contribution < 1.29 is 56.8 Å². The van der Waals surface area contributed by atoms with Crippen LogP contribution >= 0.6 is 0 Å². The van der Waals surface area contributed by atoms with Gasteiger partial charge in [0, 0.05) is 12.8 Å². The number of carbonyl (C=O) groups excluding carboxylic acids is 2. The van der Waals surface area contributed by atoms with Gasteiger partial charge in [0.2, 0.25) is 0 Å². The molecule has 0 aromatic carbocycles. The van der Waals surface area contributed by atoms with Crippen LogP contribution in [0, 0.1) is 0 Å². The maximum Gasteiger partial charge on any atom is 0.306 e. The quantitative estimate of drug-likeness (QED) is 0.0198. The van der Waals surface area contributed by atoms with Crippen molar-refractivity contribution in [3.63, 3.8) is 0 Å². The summed E-state index contributed by atoms with van der Waals surface area (Å²) < 4.78 is 54.1. The van der Waals surface area contributed by atoms with E-state index in [2.05, 4.69) is 62.5 Å². The first kappa shape index (κ1) is 56.6. The number of unbranched alkanes of at least 4 members (excludes halogenated alkanes) is 19. The summed E-state index contributed by atoms with van der Waals surface area (Å²) in [5, 5.41) is 30.9. The number of aliphatic hydroxyl groups excluding tert-OH is 3. The molecule has 0 aromatic rings. The average Bonchev–Trinajstić information content (AvgIpc) is 3.22. The van der Waals surface area contributed by atoms with Gasteiger partial charge in [-0.2, -0.15) is 8.42 Å². The lowest BCUT2D eigenvalue weighted by molar-refractivity contribution is -0.297. The highest BCUT2D eigenvalue weighted by Gasteiger charge is 2.46. The lowest BCUT2D eigenvalue weighted by Gasteiger charge is -2.40. The summed E-state index contributed by atoms with van der Waals surface area (Å²) in [5.74, 6) is -2.01. The molecule has 1 saturated heterocycles. The van der Waals surface area contributed by atoms with Gasteiger partial charge >= 0.3 is 11.9 Å². The van der Waals surface area contributed by atoms with Crippen LogP contribution in [-0.4, -0.2) is 96.0 Å². The van der Waals surface area contributed by atoms with Gasteiger partial charge in [-0.15, -0.1) is 0 Å². The minimum absolute atomic E-state index is 0.147. The van der Waals surface area contributed by atoms with E-state index in [9.17, 15) is 37.9 Å². The van der Waals surface area contributed by atoms with Gasteiger partial charge in [-0.1, -0.05) is 146 Å². The van der Waals surface area contributed by atoms with E-state index in [0.29, 0.717) is 12.8 Å². The van der Waals surface area contributed by atoms with E-state index in [-0.39, 0.29) is 19.4 Å². The molecule has 1 rings (SSSR count). The minimum atomic E-state index is -4.61. The maximum atomic E-state index is 12.8. The summed E-state index contributed by atoms with van der Waals surface area (Å²) in [6.45, 7) is 3.71. The highest BCUT2D eigenvalue weighted by molar-refractivity contribution is 7.85.